The minimum atomic E-state index is 1.18. The molecule has 0 bridgehead atoms. The topological polar surface area (TPSA) is 0 Å². The van der Waals surface area contributed by atoms with E-state index in [4.69, 9.17) is 0 Å². The van der Waals surface area contributed by atoms with E-state index in [9.17, 15) is 0 Å². The summed E-state index contributed by atoms with van der Waals surface area (Å²) in [6.07, 6.45) is 21.3. The Balaban J connectivity index is 2.96. The zero-order valence-corrected chi connectivity index (χ0v) is 13.3. The summed E-state index contributed by atoms with van der Waals surface area (Å²) in [4.78, 5) is 0. The smallest absolute Gasteiger partial charge is 0.00313 e. The second kappa shape index (κ2) is 16.2. The van der Waals surface area contributed by atoms with Gasteiger partial charge >= 0.3 is 0 Å². The Kier molecular flexibility index (Phi) is 16.4. The molecule has 0 rings (SSSR count). The van der Waals surface area contributed by atoms with E-state index in [2.05, 4.69) is 35.0 Å². The maximum absolute atomic E-state index is 3.48. The number of hydrogen-bond donors (Lipinski definition) is 0. The van der Waals surface area contributed by atoms with Crippen LogP contribution in [0.4, 0.5) is 0 Å². The molecule has 0 heterocycles. The maximum Gasteiger partial charge on any atom is 0.00313 e. The summed E-state index contributed by atoms with van der Waals surface area (Å²) in [6, 6.07) is 0. The van der Waals surface area contributed by atoms with E-state index in [1.165, 1.54) is 82.4 Å². The third-order valence-electron chi connectivity index (χ3n) is 3.15. The van der Waals surface area contributed by atoms with Crippen LogP contribution in [0.5, 0.6) is 0 Å². The average Bonchev–Trinajstić information content (AvgIpc) is 2.35. The molecule has 0 nitrogen and oxygen atoms in total. The number of unbranched alkanes of at least 4 members (excludes halogenated alkanes) is 10. The monoisotopic (exact) mass is 302 g/mol. The Morgan fingerprint density at radius 1 is 0.647 bits per heavy atom. The van der Waals surface area contributed by atoms with Crippen LogP contribution in [0.2, 0.25) is 0 Å². The zero-order chi connectivity index (χ0) is 12.6. The molecule has 0 aliphatic rings. The molecule has 0 aromatic carbocycles. The highest BCUT2D eigenvalue weighted by molar-refractivity contribution is 9.09. The van der Waals surface area contributed by atoms with E-state index in [0.29, 0.717) is 0 Å². The van der Waals surface area contributed by atoms with Gasteiger partial charge in [0.1, 0.15) is 0 Å². The van der Waals surface area contributed by atoms with E-state index >= 15 is 0 Å². The second-order valence-corrected chi connectivity index (χ2v) is 5.71. The SMILES string of the molecule is CCCCC=CCCCCCCCCCCBr. The quantitative estimate of drug-likeness (QED) is 0.203. The van der Waals surface area contributed by atoms with E-state index < -0.39 is 0 Å². The van der Waals surface area contributed by atoms with Gasteiger partial charge in [-0.3, -0.25) is 0 Å². The molecule has 0 aliphatic heterocycles. The highest BCUT2D eigenvalue weighted by atomic mass is 79.9. The molecule has 0 aromatic rings. The predicted molar refractivity (Wildman–Crippen MR) is 84.0 cm³/mol. The first-order valence-corrected chi connectivity index (χ1v) is 8.75. The van der Waals surface area contributed by atoms with Gasteiger partial charge in [-0.25, -0.2) is 0 Å². The molecule has 0 radical (unpaired) electrons. The zero-order valence-electron chi connectivity index (χ0n) is 11.7. The van der Waals surface area contributed by atoms with Crippen molar-refractivity contribution in [3.8, 4) is 0 Å². The lowest BCUT2D eigenvalue weighted by atomic mass is 10.1. The molecule has 0 atom stereocenters. The highest BCUT2D eigenvalue weighted by Gasteiger charge is 1.91. The fraction of sp³-hybridized carbons (Fsp3) is 0.875. The van der Waals surface area contributed by atoms with Crippen LogP contribution in [-0.4, -0.2) is 5.33 Å². The van der Waals surface area contributed by atoms with Gasteiger partial charge in [0.05, 0.1) is 0 Å². The minimum Gasteiger partial charge on any atom is -0.0928 e. The van der Waals surface area contributed by atoms with E-state index in [1.807, 2.05) is 0 Å². The predicted octanol–water partition coefficient (Wildman–Crippen LogP) is 6.64. The second-order valence-electron chi connectivity index (χ2n) is 4.92. The minimum absolute atomic E-state index is 1.18. The van der Waals surface area contributed by atoms with Gasteiger partial charge in [0.15, 0.2) is 0 Å². The molecular formula is C16H31Br. The van der Waals surface area contributed by atoms with Gasteiger partial charge in [-0.05, 0) is 25.7 Å². The van der Waals surface area contributed by atoms with E-state index in [1.54, 1.807) is 0 Å². The molecule has 0 spiro atoms. The maximum atomic E-state index is 3.48. The van der Waals surface area contributed by atoms with Crippen molar-refractivity contribution in [3.05, 3.63) is 12.2 Å². The number of alkyl halides is 1. The van der Waals surface area contributed by atoms with Gasteiger partial charge in [-0.2, -0.15) is 0 Å². The summed E-state index contributed by atoms with van der Waals surface area (Å²) >= 11 is 3.48. The Morgan fingerprint density at radius 2 is 1.12 bits per heavy atom. The lowest BCUT2D eigenvalue weighted by molar-refractivity contribution is 0.579. The van der Waals surface area contributed by atoms with Crippen molar-refractivity contribution >= 4 is 15.9 Å². The molecule has 17 heavy (non-hydrogen) atoms. The van der Waals surface area contributed by atoms with Crippen LogP contribution in [0.1, 0.15) is 84.0 Å². The lowest BCUT2D eigenvalue weighted by Crippen LogP contribution is -1.81. The van der Waals surface area contributed by atoms with Crippen LogP contribution in [0.15, 0.2) is 12.2 Å². The van der Waals surface area contributed by atoms with Crippen LogP contribution >= 0.6 is 15.9 Å². The number of hydrogen-bond acceptors (Lipinski definition) is 0. The van der Waals surface area contributed by atoms with Crippen molar-refractivity contribution in [2.75, 3.05) is 5.33 Å². The van der Waals surface area contributed by atoms with Crippen molar-refractivity contribution in [2.24, 2.45) is 0 Å². The van der Waals surface area contributed by atoms with Gasteiger partial charge in [0.25, 0.3) is 0 Å². The molecular weight excluding hydrogens is 272 g/mol. The van der Waals surface area contributed by atoms with Crippen LogP contribution in [0.3, 0.4) is 0 Å². The van der Waals surface area contributed by atoms with E-state index in [-0.39, 0.29) is 0 Å². The molecule has 102 valence electrons. The van der Waals surface area contributed by atoms with E-state index in [0.717, 1.165) is 0 Å². The molecule has 0 unspecified atom stereocenters. The summed E-state index contributed by atoms with van der Waals surface area (Å²) in [6.45, 7) is 2.26. The molecule has 0 fully saturated rings. The van der Waals surface area contributed by atoms with Crippen LogP contribution in [0.25, 0.3) is 0 Å². The molecule has 0 saturated carbocycles. The number of rotatable bonds is 13. The molecule has 0 saturated heterocycles. The molecule has 1 heteroatoms. The van der Waals surface area contributed by atoms with Crippen LogP contribution in [0, 0.1) is 0 Å². The van der Waals surface area contributed by atoms with Gasteiger partial charge in [-0.1, -0.05) is 86.4 Å². The van der Waals surface area contributed by atoms with Crippen LogP contribution < -0.4 is 0 Å². The summed E-state index contributed by atoms with van der Waals surface area (Å²) in [5, 5.41) is 1.18. The first-order chi connectivity index (χ1) is 8.41. The summed E-state index contributed by atoms with van der Waals surface area (Å²) < 4.78 is 0. The fourth-order valence-corrected chi connectivity index (χ4v) is 2.37. The first-order valence-electron chi connectivity index (χ1n) is 7.62. The molecule has 0 N–H and O–H groups in total. The largest absolute Gasteiger partial charge is 0.0928 e. The lowest BCUT2D eigenvalue weighted by Gasteiger charge is -2.00. The molecule has 0 aliphatic carbocycles. The van der Waals surface area contributed by atoms with Gasteiger partial charge < -0.3 is 0 Å². The van der Waals surface area contributed by atoms with Crippen molar-refractivity contribution < 1.29 is 0 Å². The van der Waals surface area contributed by atoms with Gasteiger partial charge in [0, 0.05) is 5.33 Å². The summed E-state index contributed by atoms with van der Waals surface area (Å²) in [5.74, 6) is 0. The Labute approximate surface area is 117 Å². The number of halogens is 1. The fourth-order valence-electron chi connectivity index (χ4n) is 1.98. The van der Waals surface area contributed by atoms with Crippen molar-refractivity contribution in [1.82, 2.24) is 0 Å². The third-order valence-corrected chi connectivity index (χ3v) is 3.71. The Hall–Kier alpha value is 0.220. The first kappa shape index (κ1) is 17.2. The number of allylic oxidation sites excluding steroid dienone is 2. The van der Waals surface area contributed by atoms with Crippen molar-refractivity contribution in [1.29, 1.82) is 0 Å². The highest BCUT2D eigenvalue weighted by Crippen LogP contribution is 2.10. The Bertz CT molecular complexity index is 152. The van der Waals surface area contributed by atoms with Gasteiger partial charge in [-0.15, -0.1) is 0 Å². The summed E-state index contributed by atoms with van der Waals surface area (Å²) in [5.41, 5.74) is 0. The van der Waals surface area contributed by atoms with Crippen molar-refractivity contribution in [2.45, 2.75) is 84.0 Å². The molecule has 0 amide bonds. The van der Waals surface area contributed by atoms with Crippen LogP contribution in [-0.2, 0) is 0 Å². The third kappa shape index (κ3) is 16.2. The average molecular weight is 303 g/mol. The van der Waals surface area contributed by atoms with Gasteiger partial charge in [0.2, 0.25) is 0 Å². The standard InChI is InChI=1S/C16H31Br/c1-2-3-4-5-6-7-8-9-10-11-12-13-14-15-16-17/h5-6H,2-4,7-16H2,1H3. The normalized spacial score (nSPS) is 11.4. The molecule has 0 aromatic heterocycles. The van der Waals surface area contributed by atoms with Crippen molar-refractivity contribution in [3.63, 3.8) is 0 Å². The Morgan fingerprint density at radius 3 is 1.65 bits per heavy atom. The summed E-state index contributed by atoms with van der Waals surface area (Å²) in [7, 11) is 0.